The van der Waals surface area contributed by atoms with Gasteiger partial charge in [0.05, 0.1) is 0 Å². The van der Waals surface area contributed by atoms with Crippen molar-refractivity contribution in [2.75, 3.05) is 6.54 Å². The van der Waals surface area contributed by atoms with E-state index in [1.165, 1.54) is 6.92 Å². The summed E-state index contributed by atoms with van der Waals surface area (Å²) in [6.07, 6.45) is -0.818. The summed E-state index contributed by atoms with van der Waals surface area (Å²) < 4.78 is 5.54. The van der Waals surface area contributed by atoms with Crippen molar-refractivity contribution in [2.24, 2.45) is 0 Å². The van der Waals surface area contributed by atoms with Crippen LogP contribution in [0.15, 0.2) is 28.7 Å². The van der Waals surface area contributed by atoms with Gasteiger partial charge in [-0.25, -0.2) is 0 Å². The van der Waals surface area contributed by atoms with E-state index < -0.39 is 12.1 Å². The van der Waals surface area contributed by atoms with Crippen LogP contribution in [0.4, 0.5) is 0 Å². The lowest BCUT2D eigenvalue weighted by Crippen LogP contribution is -2.31. The van der Waals surface area contributed by atoms with Gasteiger partial charge in [0.2, 0.25) is 0 Å². The molecule has 1 rings (SSSR count). The zero-order valence-corrected chi connectivity index (χ0v) is 11.2. The first-order valence-electron chi connectivity index (χ1n) is 5.16. The highest BCUT2D eigenvalue weighted by atomic mass is 79.9. The minimum Gasteiger partial charge on any atom is -0.446 e. The summed E-state index contributed by atoms with van der Waals surface area (Å²) in [6.45, 7) is 1.19. The zero-order chi connectivity index (χ0) is 13.5. The van der Waals surface area contributed by atoms with Crippen molar-refractivity contribution < 1.29 is 14.3 Å². The first-order chi connectivity index (χ1) is 8.52. The smallest absolute Gasteiger partial charge is 0.326 e. The van der Waals surface area contributed by atoms with Gasteiger partial charge in [0.25, 0.3) is 5.91 Å². The molecule has 0 spiro atoms. The Balaban J connectivity index is 2.44. The van der Waals surface area contributed by atoms with Gasteiger partial charge >= 0.3 is 5.97 Å². The summed E-state index contributed by atoms with van der Waals surface area (Å²) in [4.78, 5) is 22.8. The maximum absolute atomic E-state index is 11.6. The summed E-state index contributed by atoms with van der Waals surface area (Å²) in [7, 11) is 0. The van der Waals surface area contributed by atoms with E-state index >= 15 is 0 Å². The number of carbonyl (C=O) groups excluding carboxylic acids is 2. The van der Waals surface area contributed by atoms with E-state index in [0.717, 1.165) is 4.47 Å². The molecule has 0 heterocycles. The number of benzene rings is 1. The van der Waals surface area contributed by atoms with Crippen LogP contribution in [0, 0.1) is 11.3 Å². The molecule has 0 aromatic heterocycles. The van der Waals surface area contributed by atoms with E-state index in [1.54, 1.807) is 30.3 Å². The molecule has 0 aliphatic carbocycles. The molecule has 1 unspecified atom stereocenters. The van der Waals surface area contributed by atoms with Crippen molar-refractivity contribution in [3.8, 4) is 6.07 Å². The molecule has 1 N–H and O–H groups in total. The summed E-state index contributed by atoms with van der Waals surface area (Å²) in [5.74, 6) is -1.02. The first kappa shape index (κ1) is 14.2. The molecule has 0 saturated heterocycles. The second-order valence-corrected chi connectivity index (χ2v) is 4.37. The topological polar surface area (TPSA) is 79.2 Å². The molecule has 5 nitrogen and oxygen atoms in total. The summed E-state index contributed by atoms with van der Waals surface area (Å²) in [5.41, 5.74) is 0.444. The number of hydrogen-bond acceptors (Lipinski definition) is 4. The van der Waals surface area contributed by atoms with E-state index in [9.17, 15) is 9.59 Å². The van der Waals surface area contributed by atoms with Crippen LogP contribution in [-0.2, 0) is 9.53 Å². The van der Waals surface area contributed by atoms with Gasteiger partial charge in [-0.05, 0) is 31.2 Å². The number of hydrogen-bond donors (Lipinski definition) is 1. The summed E-state index contributed by atoms with van der Waals surface area (Å²) in [5, 5.41) is 10.9. The Kier molecular flexibility index (Phi) is 5.33. The molecule has 0 fully saturated rings. The van der Waals surface area contributed by atoms with Crippen molar-refractivity contribution in [3.63, 3.8) is 0 Å². The van der Waals surface area contributed by atoms with Gasteiger partial charge in [0.15, 0.2) is 6.10 Å². The number of ether oxygens (including phenoxy) is 1. The highest BCUT2D eigenvalue weighted by molar-refractivity contribution is 9.10. The van der Waals surface area contributed by atoms with Gasteiger partial charge in [-0.3, -0.25) is 9.59 Å². The van der Waals surface area contributed by atoms with E-state index in [2.05, 4.69) is 26.0 Å². The van der Waals surface area contributed by atoms with Crippen molar-refractivity contribution in [1.82, 2.24) is 5.32 Å². The molecule has 1 aromatic carbocycles. The fourth-order valence-electron chi connectivity index (χ4n) is 1.12. The number of carbonyl (C=O) groups is 2. The fourth-order valence-corrected chi connectivity index (χ4v) is 1.39. The highest BCUT2D eigenvalue weighted by Gasteiger charge is 2.11. The van der Waals surface area contributed by atoms with Crippen molar-refractivity contribution in [2.45, 2.75) is 13.0 Å². The third-order valence-electron chi connectivity index (χ3n) is 1.99. The molecule has 0 aliphatic heterocycles. The van der Waals surface area contributed by atoms with Crippen LogP contribution >= 0.6 is 15.9 Å². The SMILES string of the molecule is CC(C#N)OC(=O)CNC(=O)c1ccc(Br)cc1. The minimum atomic E-state index is -0.818. The molecular formula is C12H11BrN2O3. The highest BCUT2D eigenvalue weighted by Crippen LogP contribution is 2.10. The lowest BCUT2D eigenvalue weighted by Gasteiger charge is -2.07. The predicted octanol–water partition coefficient (Wildman–Crippen LogP) is 1.63. The standard InChI is InChI=1S/C12H11BrN2O3/c1-8(6-14)18-11(16)7-15-12(17)9-2-4-10(13)5-3-9/h2-5,8H,7H2,1H3,(H,15,17). The lowest BCUT2D eigenvalue weighted by atomic mass is 10.2. The average molecular weight is 311 g/mol. The molecule has 94 valence electrons. The second-order valence-electron chi connectivity index (χ2n) is 3.45. The van der Waals surface area contributed by atoms with Crippen LogP contribution in [0.5, 0.6) is 0 Å². The van der Waals surface area contributed by atoms with Gasteiger partial charge in [-0.2, -0.15) is 5.26 Å². The van der Waals surface area contributed by atoms with Crippen LogP contribution in [0.25, 0.3) is 0 Å². The summed E-state index contributed by atoms with van der Waals surface area (Å²) >= 11 is 3.26. The normalized spacial score (nSPS) is 11.2. The molecule has 0 bridgehead atoms. The van der Waals surface area contributed by atoms with E-state index in [4.69, 9.17) is 5.26 Å². The Morgan fingerprint density at radius 3 is 2.61 bits per heavy atom. The molecule has 18 heavy (non-hydrogen) atoms. The number of nitriles is 1. The van der Waals surface area contributed by atoms with Crippen LogP contribution in [-0.4, -0.2) is 24.5 Å². The third-order valence-corrected chi connectivity index (χ3v) is 2.52. The van der Waals surface area contributed by atoms with Crippen LogP contribution < -0.4 is 5.32 Å². The molecule has 0 radical (unpaired) electrons. The number of halogens is 1. The maximum Gasteiger partial charge on any atom is 0.326 e. The molecule has 1 amide bonds. The van der Waals surface area contributed by atoms with Gasteiger partial charge < -0.3 is 10.1 Å². The number of nitrogens with one attached hydrogen (secondary N) is 1. The van der Waals surface area contributed by atoms with Crippen LogP contribution in [0.2, 0.25) is 0 Å². The van der Waals surface area contributed by atoms with Crippen molar-refractivity contribution in [1.29, 1.82) is 5.26 Å². The second kappa shape index (κ2) is 6.77. The van der Waals surface area contributed by atoms with Crippen LogP contribution in [0.1, 0.15) is 17.3 Å². The molecule has 0 saturated carbocycles. The number of esters is 1. The largest absolute Gasteiger partial charge is 0.446 e. The first-order valence-corrected chi connectivity index (χ1v) is 5.95. The molecular weight excluding hydrogens is 300 g/mol. The molecule has 1 atom stereocenters. The molecule has 0 aliphatic rings. The summed E-state index contributed by atoms with van der Waals surface area (Å²) in [6, 6.07) is 8.47. The van der Waals surface area contributed by atoms with E-state index in [-0.39, 0.29) is 12.5 Å². The van der Waals surface area contributed by atoms with Gasteiger partial charge in [-0.1, -0.05) is 15.9 Å². The van der Waals surface area contributed by atoms with Crippen molar-refractivity contribution in [3.05, 3.63) is 34.3 Å². The number of amides is 1. The molecule has 6 heteroatoms. The Hall–Kier alpha value is -1.87. The van der Waals surface area contributed by atoms with E-state index in [1.807, 2.05) is 0 Å². The molecule has 1 aromatic rings. The third kappa shape index (κ3) is 4.55. The van der Waals surface area contributed by atoms with Gasteiger partial charge in [0.1, 0.15) is 12.6 Å². The Bertz CT molecular complexity index is 479. The lowest BCUT2D eigenvalue weighted by molar-refractivity contribution is -0.144. The Labute approximate surface area is 113 Å². The van der Waals surface area contributed by atoms with Gasteiger partial charge in [0, 0.05) is 10.0 Å². The average Bonchev–Trinajstić information content (AvgIpc) is 2.36. The van der Waals surface area contributed by atoms with Gasteiger partial charge in [-0.15, -0.1) is 0 Å². The Morgan fingerprint density at radius 1 is 1.44 bits per heavy atom. The quantitative estimate of drug-likeness (QED) is 0.857. The Morgan fingerprint density at radius 2 is 2.06 bits per heavy atom. The minimum absolute atomic E-state index is 0.263. The monoisotopic (exact) mass is 310 g/mol. The zero-order valence-electron chi connectivity index (χ0n) is 9.64. The van der Waals surface area contributed by atoms with E-state index in [0.29, 0.717) is 5.56 Å². The number of rotatable bonds is 4. The fraction of sp³-hybridized carbons (Fsp3) is 0.250. The number of nitrogens with zero attached hydrogens (tertiary/aromatic N) is 1. The predicted molar refractivity (Wildman–Crippen MR) is 67.6 cm³/mol. The van der Waals surface area contributed by atoms with Crippen molar-refractivity contribution >= 4 is 27.8 Å². The maximum atomic E-state index is 11.6. The van der Waals surface area contributed by atoms with Crippen LogP contribution in [0.3, 0.4) is 0 Å².